The van der Waals surface area contributed by atoms with Gasteiger partial charge in [0.2, 0.25) is 0 Å². The van der Waals surface area contributed by atoms with E-state index >= 15 is 0 Å². The van der Waals surface area contributed by atoms with E-state index in [1.54, 1.807) is 17.0 Å². The molecule has 0 N–H and O–H groups in total. The molecule has 0 saturated heterocycles. The molecule has 5 nitrogen and oxygen atoms in total. The summed E-state index contributed by atoms with van der Waals surface area (Å²) in [7, 11) is 1.54. The summed E-state index contributed by atoms with van der Waals surface area (Å²) in [6.07, 6.45) is 3.28. The van der Waals surface area contributed by atoms with Crippen LogP contribution in [0.5, 0.6) is 11.5 Å². The van der Waals surface area contributed by atoms with E-state index in [2.05, 4.69) is 6.92 Å². The predicted molar refractivity (Wildman–Crippen MR) is 89.5 cm³/mol. The van der Waals surface area contributed by atoms with Crippen molar-refractivity contribution in [1.82, 2.24) is 0 Å². The van der Waals surface area contributed by atoms with Crippen LogP contribution in [0.1, 0.15) is 50.4 Å². The lowest BCUT2D eigenvalue weighted by atomic mass is 10.0. The Morgan fingerprint density at radius 2 is 2.09 bits per heavy atom. The average Bonchev–Trinajstić information content (AvgIpc) is 2.55. The number of amides is 1. The molecule has 5 heteroatoms. The molecule has 1 atom stereocenters. The summed E-state index contributed by atoms with van der Waals surface area (Å²) in [5.74, 6) is 1.05. The zero-order chi connectivity index (χ0) is 17.0. The maximum absolute atomic E-state index is 12.8. The van der Waals surface area contributed by atoms with Crippen LogP contribution < -0.4 is 14.4 Å². The Bertz CT molecular complexity index is 583. The molecule has 1 aromatic rings. The summed E-state index contributed by atoms with van der Waals surface area (Å²) in [6.45, 7) is 6.67. The van der Waals surface area contributed by atoms with Gasteiger partial charge in [-0.25, -0.2) is 0 Å². The molecular weight excluding hydrogens is 294 g/mol. The number of nitrogens with zero attached hydrogens (tertiary/aromatic N) is 1. The summed E-state index contributed by atoms with van der Waals surface area (Å²) in [5.41, 5.74) is 1.10. The van der Waals surface area contributed by atoms with Gasteiger partial charge in [-0.2, -0.15) is 0 Å². The molecule has 1 unspecified atom stereocenters. The van der Waals surface area contributed by atoms with Crippen LogP contribution in [0.15, 0.2) is 12.1 Å². The summed E-state index contributed by atoms with van der Waals surface area (Å²) < 4.78 is 11.3. The molecule has 0 saturated carbocycles. The van der Waals surface area contributed by atoms with E-state index in [0.29, 0.717) is 29.3 Å². The molecule has 0 fully saturated rings. The first-order valence-electron chi connectivity index (χ1n) is 8.18. The number of carbonyl (C=O) groups excluding carboxylic acids is 2. The van der Waals surface area contributed by atoms with Crippen LogP contribution in [0.25, 0.3) is 0 Å². The Morgan fingerprint density at radius 3 is 2.65 bits per heavy atom. The molecule has 126 valence electrons. The van der Waals surface area contributed by atoms with Gasteiger partial charge < -0.3 is 14.4 Å². The highest BCUT2D eigenvalue weighted by Crippen LogP contribution is 2.43. The molecule has 1 heterocycles. The third kappa shape index (κ3) is 3.49. The summed E-state index contributed by atoms with van der Waals surface area (Å²) >= 11 is 0. The molecule has 0 radical (unpaired) electrons. The molecule has 0 aliphatic carbocycles. The topological polar surface area (TPSA) is 55.8 Å². The van der Waals surface area contributed by atoms with Crippen LogP contribution in [0.2, 0.25) is 0 Å². The van der Waals surface area contributed by atoms with E-state index in [1.165, 1.54) is 7.11 Å². The number of fused-ring (bicyclic) bond motifs is 1. The van der Waals surface area contributed by atoms with E-state index in [-0.39, 0.29) is 11.8 Å². The van der Waals surface area contributed by atoms with E-state index in [4.69, 9.17) is 9.47 Å². The van der Waals surface area contributed by atoms with Crippen molar-refractivity contribution in [2.24, 2.45) is 5.92 Å². The monoisotopic (exact) mass is 319 g/mol. The lowest BCUT2D eigenvalue weighted by Crippen LogP contribution is -2.48. The van der Waals surface area contributed by atoms with Crippen molar-refractivity contribution in [3.8, 4) is 11.5 Å². The van der Waals surface area contributed by atoms with Crippen LogP contribution in [0, 0.1) is 5.92 Å². The summed E-state index contributed by atoms with van der Waals surface area (Å²) in [4.78, 5) is 25.7. The highest BCUT2D eigenvalue weighted by atomic mass is 16.5. The van der Waals surface area contributed by atoms with E-state index in [1.807, 2.05) is 13.8 Å². The quantitative estimate of drug-likeness (QED) is 0.570. The molecule has 23 heavy (non-hydrogen) atoms. The van der Waals surface area contributed by atoms with E-state index < -0.39 is 6.10 Å². The Balaban J connectivity index is 2.48. The van der Waals surface area contributed by atoms with Crippen molar-refractivity contribution in [1.29, 1.82) is 0 Å². The first-order chi connectivity index (χ1) is 11.0. The van der Waals surface area contributed by atoms with Gasteiger partial charge in [0.25, 0.3) is 5.91 Å². The fourth-order valence-corrected chi connectivity index (χ4v) is 2.77. The van der Waals surface area contributed by atoms with Crippen molar-refractivity contribution in [2.45, 2.75) is 46.1 Å². The van der Waals surface area contributed by atoms with E-state index in [9.17, 15) is 9.59 Å². The highest BCUT2D eigenvalue weighted by molar-refractivity contribution is 6.01. The molecule has 0 spiro atoms. The number of hydrogen-bond donors (Lipinski definition) is 0. The minimum atomic E-state index is -0.528. The van der Waals surface area contributed by atoms with Crippen molar-refractivity contribution in [2.75, 3.05) is 18.6 Å². The van der Waals surface area contributed by atoms with Crippen LogP contribution in [-0.4, -0.2) is 32.0 Å². The Kier molecular flexibility index (Phi) is 5.64. The predicted octanol–water partition coefficient (Wildman–Crippen LogP) is 3.45. The largest absolute Gasteiger partial charge is 0.493 e. The molecule has 1 amide bonds. The van der Waals surface area contributed by atoms with Crippen molar-refractivity contribution >= 4 is 17.9 Å². The fraction of sp³-hybridized carbons (Fsp3) is 0.556. The Hall–Kier alpha value is -2.04. The van der Waals surface area contributed by atoms with Gasteiger partial charge in [0, 0.05) is 12.1 Å². The van der Waals surface area contributed by atoms with Gasteiger partial charge in [-0.05, 0) is 24.5 Å². The molecule has 1 aliphatic heterocycles. The minimum absolute atomic E-state index is 0.0475. The van der Waals surface area contributed by atoms with E-state index in [0.717, 1.165) is 25.5 Å². The van der Waals surface area contributed by atoms with Crippen LogP contribution >= 0.6 is 0 Å². The number of aldehydes is 1. The van der Waals surface area contributed by atoms with Gasteiger partial charge >= 0.3 is 0 Å². The maximum atomic E-state index is 12.8. The second-order valence-corrected chi connectivity index (χ2v) is 6.17. The summed E-state index contributed by atoms with van der Waals surface area (Å²) in [5, 5.41) is 0. The molecule has 0 bridgehead atoms. The third-order valence-corrected chi connectivity index (χ3v) is 4.05. The van der Waals surface area contributed by atoms with Gasteiger partial charge in [0.05, 0.1) is 12.8 Å². The number of unbranched alkanes of at least 4 members (excludes halogenated alkanes) is 2. The molecular formula is C18H25NO4. The van der Waals surface area contributed by atoms with Gasteiger partial charge in [-0.3, -0.25) is 9.59 Å². The SMILES string of the molecule is CCCCCN1C(=O)C(C(C)C)Oc2c(OC)cc(C=O)cc21. The van der Waals surface area contributed by atoms with Crippen LogP contribution in [-0.2, 0) is 4.79 Å². The minimum Gasteiger partial charge on any atom is -0.493 e. The fourth-order valence-electron chi connectivity index (χ4n) is 2.77. The maximum Gasteiger partial charge on any atom is 0.268 e. The number of benzene rings is 1. The Morgan fingerprint density at radius 1 is 1.35 bits per heavy atom. The van der Waals surface area contributed by atoms with Gasteiger partial charge in [0.1, 0.15) is 6.29 Å². The average molecular weight is 319 g/mol. The van der Waals surface area contributed by atoms with Gasteiger partial charge in [0.15, 0.2) is 17.6 Å². The zero-order valence-electron chi connectivity index (χ0n) is 14.3. The first-order valence-corrected chi connectivity index (χ1v) is 8.18. The first kappa shape index (κ1) is 17.3. The number of hydrogen-bond acceptors (Lipinski definition) is 4. The third-order valence-electron chi connectivity index (χ3n) is 4.05. The van der Waals surface area contributed by atoms with Gasteiger partial charge in [-0.15, -0.1) is 0 Å². The lowest BCUT2D eigenvalue weighted by Gasteiger charge is -2.36. The number of anilines is 1. The number of methoxy groups -OCH3 is 1. The normalized spacial score (nSPS) is 17.0. The summed E-state index contributed by atoms with van der Waals surface area (Å²) in [6, 6.07) is 3.34. The van der Waals surface area contributed by atoms with Gasteiger partial charge in [-0.1, -0.05) is 33.6 Å². The smallest absolute Gasteiger partial charge is 0.268 e. The van der Waals surface area contributed by atoms with Crippen LogP contribution in [0.4, 0.5) is 5.69 Å². The van der Waals surface area contributed by atoms with Crippen molar-refractivity contribution in [3.63, 3.8) is 0 Å². The second-order valence-electron chi connectivity index (χ2n) is 6.17. The van der Waals surface area contributed by atoms with Crippen molar-refractivity contribution < 1.29 is 19.1 Å². The standard InChI is InChI=1S/C18H25NO4/c1-5-6-7-8-19-14-9-13(11-20)10-15(22-4)17(14)23-16(12(2)3)18(19)21/h9-12,16H,5-8H2,1-4H3. The second kappa shape index (κ2) is 7.49. The molecule has 2 rings (SSSR count). The molecule has 0 aromatic heterocycles. The van der Waals surface area contributed by atoms with Crippen LogP contribution in [0.3, 0.4) is 0 Å². The lowest BCUT2D eigenvalue weighted by molar-refractivity contribution is -0.128. The Labute approximate surface area is 137 Å². The number of rotatable bonds is 7. The molecule has 1 aromatic carbocycles. The zero-order valence-corrected chi connectivity index (χ0v) is 14.3. The number of ether oxygens (including phenoxy) is 2. The number of carbonyl (C=O) groups is 2. The highest BCUT2D eigenvalue weighted by Gasteiger charge is 2.37. The van der Waals surface area contributed by atoms with Crippen molar-refractivity contribution in [3.05, 3.63) is 17.7 Å². The molecule has 1 aliphatic rings.